The van der Waals surface area contributed by atoms with Crippen LogP contribution in [0.5, 0.6) is 0 Å². The average Bonchev–Trinajstić information content (AvgIpc) is 3.12. The van der Waals surface area contributed by atoms with Crippen LogP contribution in [0.4, 0.5) is 6.01 Å². The number of para-hydroxylation sites is 2. The minimum absolute atomic E-state index is 0.0576. The largest absolute Gasteiger partial charge is 0.405 e. The summed E-state index contributed by atoms with van der Waals surface area (Å²) in [6.07, 6.45) is 0. The summed E-state index contributed by atoms with van der Waals surface area (Å²) in [5, 5.41) is 10.6. The molecule has 114 valence electrons. The summed E-state index contributed by atoms with van der Waals surface area (Å²) in [6.45, 7) is 0.205. The maximum Gasteiger partial charge on any atom is 0.322 e. The van der Waals surface area contributed by atoms with Gasteiger partial charge in [0.05, 0.1) is 16.8 Å². The number of thioether (sulfide) groups is 1. The number of methoxy groups -OCH3 is 1. The van der Waals surface area contributed by atoms with Crippen molar-refractivity contribution in [3.63, 3.8) is 0 Å². The first-order valence-corrected chi connectivity index (χ1v) is 7.42. The fourth-order valence-electron chi connectivity index (χ4n) is 1.77. The fraction of sp³-hybridized carbons (Fsp3) is 0.231. The second-order valence-corrected chi connectivity index (χ2v) is 5.29. The van der Waals surface area contributed by atoms with E-state index >= 15 is 0 Å². The molecule has 0 atom stereocenters. The molecule has 0 radical (unpaired) electrons. The third-order valence-electron chi connectivity index (χ3n) is 2.69. The van der Waals surface area contributed by atoms with Crippen LogP contribution in [-0.2, 0) is 16.1 Å². The molecule has 0 aliphatic heterocycles. The minimum Gasteiger partial charge on any atom is -0.405 e. The Kier molecular flexibility index (Phi) is 4.35. The molecule has 0 aliphatic rings. The van der Waals surface area contributed by atoms with Crippen LogP contribution >= 0.6 is 11.8 Å². The van der Waals surface area contributed by atoms with E-state index in [9.17, 15) is 4.79 Å². The average molecular weight is 319 g/mol. The summed E-state index contributed by atoms with van der Waals surface area (Å²) < 4.78 is 10.0. The van der Waals surface area contributed by atoms with Crippen LogP contribution in [0.3, 0.4) is 0 Å². The molecule has 0 aliphatic carbocycles. The molecular weight excluding hydrogens is 306 g/mol. The lowest BCUT2D eigenvalue weighted by molar-refractivity contribution is -0.113. The van der Waals surface area contributed by atoms with Gasteiger partial charge in [0.2, 0.25) is 11.8 Å². The van der Waals surface area contributed by atoms with Crippen molar-refractivity contribution >= 4 is 34.7 Å². The molecule has 0 unspecified atom stereocenters. The summed E-state index contributed by atoms with van der Waals surface area (Å²) in [5.74, 6) is 0.239. The molecule has 22 heavy (non-hydrogen) atoms. The lowest BCUT2D eigenvalue weighted by atomic mass is 10.3. The van der Waals surface area contributed by atoms with Gasteiger partial charge in [0.1, 0.15) is 6.61 Å². The van der Waals surface area contributed by atoms with Crippen LogP contribution in [-0.4, -0.2) is 38.9 Å². The van der Waals surface area contributed by atoms with Crippen LogP contribution in [0, 0.1) is 0 Å². The Balaban J connectivity index is 1.55. The van der Waals surface area contributed by atoms with Gasteiger partial charge < -0.3 is 14.1 Å². The summed E-state index contributed by atoms with van der Waals surface area (Å²) >= 11 is 1.30. The van der Waals surface area contributed by atoms with Crippen molar-refractivity contribution in [1.29, 1.82) is 0 Å². The smallest absolute Gasteiger partial charge is 0.322 e. The van der Waals surface area contributed by atoms with Gasteiger partial charge in [0.15, 0.2) is 5.16 Å². The number of aromatic amines is 1. The summed E-state index contributed by atoms with van der Waals surface area (Å²) in [6, 6.07) is 7.74. The number of aromatic nitrogens is 4. The number of imidazole rings is 1. The van der Waals surface area contributed by atoms with Gasteiger partial charge in [0, 0.05) is 7.11 Å². The van der Waals surface area contributed by atoms with Crippen LogP contribution in [0.1, 0.15) is 5.89 Å². The second-order valence-electron chi connectivity index (χ2n) is 4.33. The number of hydrogen-bond acceptors (Lipinski definition) is 7. The molecule has 9 heteroatoms. The number of anilines is 1. The topological polar surface area (TPSA) is 106 Å². The highest BCUT2D eigenvalue weighted by molar-refractivity contribution is 7.99. The number of carbonyl (C=O) groups is 1. The van der Waals surface area contributed by atoms with Crippen molar-refractivity contribution < 1.29 is 13.9 Å². The molecular formula is C13H13N5O3S. The van der Waals surface area contributed by atoms with E-state index in [1.807, 2.05) is 24.3 Å². The number of amides is 1. The van der Waals surface area contributed by atoms with Gasteiger partial charge in [-0.1, -0.05) is 29.0 Å². The van der Waals surface area contributed by atoms with Gasteiger partial charge in [0.25, 0.3) is 0 Å². The highest BCUT2D eigenvalue weighted by Crippen LogP contribution is 2.19. The fourth-order valence-corrected chi connectivity index (χ4v) is 2.46. The number of ether oxygens (including phenoxy) is 1. The molecule has 2 N–H and O–H groups in total. The molecule has 0 fully saturated rings. The molecule has 0 spiro atoms. The molecule has 0 saturated carbocycles. The number of benzene rings is 1. The molecule has 3 aromatic rings. The zero-order valence-electron chi connectivity index (χ0n) is 11.7. The number of carbonyl (C=O) groups excluding carboxylic acids is 1. The number of hydrogen-bond donors (Lipinski definition) is 2. The van der Waals surface area contributed by atoms with E-state index in [2.05, 4.69) is 25.5 Å². The predicted molar refractivity (Wildman–Crippen MR) is 80.5 cm³/mol. The molecule has 2 aromatic heterocycles. The Morgan fingerprint density at radius 2 is 2.27 bits per heavy atom. The summed E-state index contributed by atoms with van der Waals surface area (Å²) in [7, 11) is 1.52. The number of rotatable bonds is 6. The van der Waals surface area contributed by atoms with E-state index in [0.717, 1.165) is 11.0 Å². The third-order valence-corrected chi connectivity index (χ3v) is 3.56. The van der Waals surface area contributed by atoms with E-state index in [1.165, 1.54) is 18.9 Å². The zero-order valence-corrected chi connectivity index (χ0v) is 12.5. The van der Waals surface area contributed by atoms with Gasteiger partial charge in [-0.15, -0.1) is 5.10 Å². The van der Waals surface area contributed by atoms with E-state index < -0.39 is 0 Å². The number of H-pyrrole nitrogens is 1. The predicted octanol–water partition coefficient (Wildman–Crippen LogP) is 1.82. The first kappa shape index (κ1) is 14.5. The van der Waals surface area contributed by atoms with Gasteiger partial charge in [-0.2, -0.15) is 0 Å². The second kappa shape index (κ2) is 6.58. The zero-order chi connectivity index (χ0) is 15.4. The van der Waals surface area contributed by atoms with Crippen molar-refractivity contribution in [1.82, 2.24) is 20.2 Å². The van der Waals surface area contributed by atoms with Gasteiger partial charge in [-0.25, -0.2) is 4.98 Å². The van der Waals surface area contributed by atoms with E-state index in [-0.39, 0.29) is 24.3 Å². The first-order valence-electron chi connectivity index (χ1n) is 6.43. The Bertz CT molecular complexity index is 752. The quantitative estimate of drug-likeness (QED) is 0.667. The van der Waals surface area contributed by atoms with Crippen LogP contribution in [0.15, 0.2) is 33.8 Å². The molecule has 2 heterocycles. The van der Waals surface area contributed by atoms with Gasteiger partial charge >= 0.3 is 6.01 Å². The van der Waals surface area contributed by atoms with Crippen LogP contribution < -0.4 is 5.32 Å². The number of nitrogens with zero attached hydrogens (tertiary/aromatic N) is 3. The Labute approximate surface area is 129 Å². The highest BCUT2D eigenvalue weighted by Gasteiger charge is 2.11. The Morgan fingerprint density at radius 1 is 1.41 bits per heavy atom. The maximum atomic E-state index is 11.8. The SMILES string of the molecule is COCc1nnc(NC(=O)CSc2nc3ccccc3[nH]2)o1. The molecule has 0 saturated heterocycles. The van der Waals surface area contributed by atoms with Crippen LogP contribution in [0.2, 0.25) is 0 Å². The molecule has 3 rings (SSSR count). The lowest BCUT2D eigenvalue weighted by Gasteiger charge is -1.98. The first-order chi connectivity index (χ1) is 10.7. The van der Waals surface area contributed by atoms with Crippen molar-refractivity contribution in [2.75, 3.05) is 18.2 Å². The molecule has 1 aromatic carbocycles. The Morgan fingerprint density at radius 3 is 3.09 bits per heavy atom. The van der Waals surface area contributed by atoms with Crippen molar-refractivity contribution in [3.05, 3.63) is 30.2 Å². The Hall–Kier alpha value is -2.39. The number of fused-ring (bicyclic) bond motifs is 1. The standard InChI is InChI=1S/C13H13N5O3S/c1-20-6-11-17-18-12(21-11)16-10(19)7-22-13-14-8-4-2-3-5-9(8)15-13/h2-5H,6-7H2,1H3,(H,14,15)(H,16,18,19). The van der Waals surface area contributed by atoms with Crippen molar-refractivity contribution in [3.8, 4) is 0 Å². The van der Waals surface area contributed by atoms with E-state index in [1.54, 1.807) is 0 Å². The van der Waals surface area contributed by atoms with Crippen LogP contribution in [0.25, 0.3) is 11.0 Å². The van der Waals surface area contributed by atoms with Crippen molar-refractivity contribution in [2.24, 2.45) is 0 Å². The normalized spacial score (nSPS) is 11.0. The summed E-state index contributed by atoms with van der Waals surface area (Å²) in [5.41, 5.74) is 1.80. The lowest BCUT2D eigenvalue weighted by Crippen LogP contribution is -2.14. The van der Waals surface area contributed by atoms with Gasteiger partial charge in [-0.3, -0.25) is 10.1 Å². The summed E-state index contributed by atoms with van der Waals surface area (Å²) in [4.78, 5) is 19.4. The molecule has 1 amide bonds. The number of nitrogens with one attached hydrogen (secondary N) is 2. The highest BCUT2D eigenvalue weighted by atomic mass is 32.2. The maximum absolute atomic E-state index is 11.8. The van der Waals surface area contributed by atoms with E-state index in [0.29, 0.717) is 11.0 Å². The monoisotopic (exact) mass is 319 g/mol. The minimum atomic E-state index is -0.252. The van der Waals surface area contributed by atoms with E-state index in [4.69, 9.17) is 9.15 Å². The van der Waals surface area contributed by atoms with Gasteiger partial charge in [-0.05, 0) is 12.1 Å². The molecule has 0 bridgehead atoms. The third kappa shape index (κ3) is 3.43. The molecule has 8 nitrogen and oxygen atoms in total. The van der Waals surface area contributed by atoms with Crippen molar-refractivity contribution in [2.45, 2.75) is 11.8 Å².